The molecule has 1 aromatic rings. The Kier molecular flexibility index (Phi) is 8.81. The van der Waals surface area contributed by atoms with Gasteiger partial charge in [-0.3, -0.25) is 9.11 Å². The standard InChI is InChI=1S/C8H6O4.Na.H2O4S.H/c9-7(10)5-2-1-3-6(4-5)8(11)12;;1-5(2,3)4;/h1-4H,(H,9,10)(H,11,12);;(H2,1,2,3,4);. The van der Waals surface area contributed by atoms with Gasteiger partial charge in [0.15, 0.2) is 0 Å². The third-order valence-corrected chi connectivity index (χ3v) is 1.36. The van der Waals surface area contributed by atoms with Crippen LogP contribution >= 0.6 is 0 Å². The van der Waals surface area contributed by atoms with Crippen molar-refractivity contribution in [1.82, 2.24) is 0 Å². The summed E-state index contributed by atoms with van der Waals surface area (Å²) in [5.41, 5.74) is -0.0372. The summed E-state index contributed by atoms with van der Waals surface area (Å²) in [5.74, 6) is -2.25. The molecule has 4 N–H and O–H groups in total. The van der Waals surface area contributed by atoms with Crippen LogP contribution in [0.5, 0.6) is 0 Å². The molecule has 10 heteroatoms. The maximum absolute atomic E-state index is 10.4. The van der Waals surface area contributed by atoms with E-state index >= 15 is 0 Å². The van der Waals surface area contributed by atoms with Gasteiger partial charge in [-0.15, -0.1) is 0 Å². The Morgan fingerprint density at radius 1 is 0.944 bits per heavy atom. The molecule has 0 aliphatic carbocycles. The van der Waals surface area contributed by atoms with Crippen molar-refractivity contribution in [2.75, 3.05) is 0 Å². The molecule has 0 atom stereocenters. The first-order valence-corrected chi connectivity index (χ1v) is 5.27. The minimum absolute atomic E-state index is 0. The number of hydrogen-bond donors (Lipinski definition) is 4. The molecule has 0 saturated carbocycles. The number of carboxylic acid groups (broad SMARTS) is 2. The Morgan fingerprint density at radius 2 is 1.22 bits per heavy atom. The van der Waals surface area contributed by atoms with Crippen LogP contribution in [0.25, 0.3) is 0 Å². The fourth-order valence-electron chi connectivity index (χ4n) is 0.785. The summed E-state index contributed by atoms with van der Waals surface area (Å²) in [5, 5.41) is 17.0. The zero-order valence-electron chi connectivity index (χ0n) is 8.14. The van der Waals surface area contributed by atoms with Crippen LogP contribution in [0.15, 0.2) is 24.3 Å². The number of benzene rings is 1. The Bertz CT molecular complexity index is 486. The summed E-state index contributed by atoms with van der Waals surface area (Å²) < 4.78 is 31.6. The molecule has 8 nitrogen and oxygen atoms in total. The monoisotopic (exact) mass is 288 g/mol. The topological polar surface area (TPSA) is 149 Å². The molecular formula is C8H9NaO8S. The van der Waals surface area contributed by atoms with E-state index in [2.05, 4.69) is 0 Å². The van der Waals surface area contributed by atoms with Crippen molar-refractivity contribution in [1.29, 1.82) is 0 Å². The number of hydrogen-bond acceptors (Lipinski definition) is 4. The summed E-state index contributed by atoms with van der Waals surface area (Å²) >= 11 is 0. The molecule has 0 aliphatic rings. The van der Waals surface area contributed by atoms with Crippen LogP contribution in [0.3, 0.4) is 0 Å². The Balaban J connectivity index is 0. The van der Waals surface area contributed by atoms with Gasteiger partial charge in [0, 0.05) is 0 Å². The van der Waals surface area contributed by atoms with Gasteiger partial charge in [0.2, 0.25) is 0 Å². The first kappa shape index (κ1) is 19.4. The third kappa shape index (κ3) is 10.2. The summed E-state index contributed by atoms with van der Waals surface area (Å²) in [4.78, 5) is 20.8. The van der Waals surface area contributed by atoms with Crippen LogP contribution in [0, 0.1) is 0 Å². The van der Waals surface area contributed by atoms with Crippen LogP contribution < -0.4 is 0 Å². The van der Waals surface area contributed by atoms with E-state index in [-0.39, 0.29) is 40.7 Å². The Hall–Kier alpha value is -0.970. The zero-order chi connectivity index (χ0) is 13.6. The van der Waals surface area contributed by atoms with Gasteiger partial charge in [0.1, 0.15) is 0 Å². The first-order valence-electron chi connectivity index (χ1n) is 3.88. The van der Waals surface area contributed by atoms with Crippen LogP contribution in [0.2, 0.25) is 0 Å². The molecule has 0 amide bonds. The normalized spacial score (nSPS) is 9.44. The van der Waals surface area contributed by atoms with Gasteiger partial charge in [-0.05, 0) is 18.2 Å². The van der Waals surface area contributed by atoms with Gasteiger partial charge in [0.05, 0.1) is 11.1 Å². The quantitative estimate of drug-likeness (QED) is 0.431. The third-order valence-electron chi connectivity index (χ3n) is 1.36. The SMILES string of the molecule is O=C(O)c1cccc(C(=O)O)c1.O=S(=O)(O)O.[NaH]. The number of rotatable bonds is 2. The Labute approximate surface area is 124 Å². The van der Waals surface area contributed by atoms with E-state index in [0.717, 1.165) is 6.07 Å². The van der Waals surface area contributed by atoms with Crippen molar-refractivity contribution in [3.8, 4) is 0 Å². The van der Waals surface area contributed by atoms with Crippen molar-refractivity contribution in [3.05, 3.63) is 35.4 Å². The second-order valence-corrected chi connectivity index (χ2v) is 3.53. The number of aromatic carboxylic acids is 2. The van der Waals surface area contributed by atoms with Crippen LogP contribution in [0.1, 0.15) is 20.7 Å². The van der Waals surface area contributed by atoms with Gasteiger partial charge in [-0.25, -0.2) is 9.59 Å². The average molecular weight is 288 g/mol. The molecular weight excluding hydrogens is 279 g/mol. The van der Waals surface area contributed by atoms with Gasteiger partial charge in [-0.1, -0.05) is 6.07 Å². The number of carbonyl (C=O) groups is 2. The van der Waals surface area contributed by atoms with Crippen LogP contribution in [0.4, 0.5) is 0 Å². The molecule has 1 rings (SSSR count). The molecule has 0 radical (unpaired) electrons. The van der Waals surface area contributed by atoms with E-state index < -0.39 is 22.3 Å². The average Bonchev–Trinajstić information content (AvgIpc) is 2.15. The van der Waals surface area contributed by atoms with Crippen molar-refractivity contribution >= 4 is 51.9 Å². The van der Waals surface area contributed by atoms with Crippen molar-refractivity contribution in [2.24, 2.45) is 0 Å². The predicted octanol–water partition coefficient (Wildman–Crippen LogP) is -0.218. The van der Waals surface area contributed by atoms with E-state index in [1.54, 1.807) is 0 Å². The molecule has 0 unspecified atom stereocenters. The second kappa shape index (κ2) is 8.19. The van der Waals surface area contributed by atoms with Crippen molar-refractivity contribution in [3.63, 3.8) is 0 Å². The predicted molar refractivity (Wildman–Crippen MR) is 61.7 cm³/mol. The summed E-state index contributed by atoms with van der Waals surface area (Å²) in [6.45, 7) is 0. The van der Waals surface area contributed by atoms with Gasteiger partial charge in [0.25, 0.3) is 0 Å². The molecule has 96 valence electrons. The van der Waals surface area contributed by atoms with Crippen LogP contribution in [-0.2, 0) is 10.4 Å². The molecule has 0 aliphatic heterocycles. The van der Waals surface area contributed by atoms with E-state index in [1.807, 2.05) is 0 Å². The molecule has 18 heavy (non-hydrogen) atoms. The van der Waals surface area contributed by atoms with E-state index in [4.69, 9.17) is 27.7 Å². The first-order chi connectivity index (χ1) is 7.61. The minimum atomic E-state index is -4.67. The fraction of sp³-hybridized carbons (Fsp3) is 0. The van der Waals surface area contributed by atoms with Gasteiger partial charge in [-0.2, -0.15) is 8.42 Å². The molecule has 0 bridgehead atoms. The van der Waals surface area contributed by atoms with E-state index in [9.17, 15) is 9.59 Å². The molecule has 1 aromatic carbocycles. The molecule has 0 heterocycles. The van der Waals surface area contributed by atoms with Crippen molar-refractivity contribution in [2.45, 2.75) is 0 Å². The van der Waals surface area contributed by atoms with E-state index in [0.29, 0.717) is 0 Å². The maximum atomic E-state index is 10.4. The molecule has 0 saturated heterocycles. The fourth-order valence-corrected chi connectivity index (χ4v) is 0.785. The summed E-state index contributed by atoms with van der Waals surface area (Å²) in [6, 6.07) is 5.20. The van der Waals surface area contributed by atoms with E-state index in [1.165, 1.54) is 18.2 Å². The van der Waals surface area contributed by atoms with Gasteiger partial charge < -0.3 is 10.2 Å². The van der Waals surface area contributed by atoms with Crippen molar-refractivity contribution < 1.29 is 37.3 Å². The number of carboxylic acids is 2. The second-order valence-electron chi connectivity index (χ2n) is 2.64. The van der Waals surface area contributed by atoms with Crippen LogP contribution in [-0.4, -0.2) is 69.2 Å². The Morgan fingerprint density at radius 3 is 1.44 bits per heavy atom. The molecule has 0 aromatic heterocycles. The van der Waals surface area contributed by atoms with Gasteiger partial charge >= 0.3 is 51.9 Å². The molecule has 0 fully saturated rings. The summed E-state index contributed by atoms with van der Waals surface area (Å²) in [6.07, 6.45) is 0. The molecule has 0 spiro atoms. The zero-order valence-corrected chi connectivity index (χ0v) is 8.96. The summed E-state index contributed by atoms with van der Waals surface area (Å²) in [7, 11) is -4.67.